The summed E-state index contributed by atoms with van der Waals surface area (Å²) in [5.74, 6) is 0. The maximum Gasteiger partial charge on any atom is 0.0614 e. The van der Waals surface area contributed by atoms with Crippen LogP contribution in [0.15, 0.2) is 23.5 Å². The van der Waals surface area contributed by atoms with E-state index < -0.39 is 0 Å². The summed E-state index contributed by atoms with van der Waals surface area (Å²) in [6.45, 7) is 0. The molecule has 2 nitrogen and oxygen atoms in total. The molecule has 0 unspecified atom stereocenters. The summed E-state index contributed by atoms with van der Waals surface area (Å²) in [5.41, 5.74) is 2.67. The Morgan fingerprint density at radius 1 is 1.62 bits per heavy atom. The summed E-state index contributed by atoms with van der Waals surface area (Å²) in [6.07, 6.45) is 4.92. The summed E-state index contributed by atoms with van der Waals surface area (Å²) in [4.78, 5) is 0. The maximum atomic E-state index is 5.52. The highest BCUT2D eigenvalue weighted by Gasteiger charge is 1.95. The minimum atomic E-state index is 0.610. The van der Waals surface area contributed by atoms with Crippen LogP contribution in [-0.4, -0.2) is 4.53 Å². The molecule has 0 aromatic carbocycles. The Bertz CT molecular complexity index is 141. The zero-order chi connectivity index (χ0) is 5.98. The first-order chi connectivity index (χ1) is 3.79. The molecule has 1 N–H and O–H groups in total. The van der Waals surface area contributed by atoms with Crippen LogP contribution in [0, 0.1) is 0 Å². The van der Waals surface area contributed by atoms with E-state index in [2.05, 4.69) is 5.43 Å². The lowest BCUT2D eigenvalue weighted by Crippen LogP contribution is -2.20. The molecule has 0 fully saturated rings. The average molecular weight is 151 g/mol. The van der Waals surface area contributed by atoms with Crippen molar-refractivity contribution in [1.82, 2.24) is 9.95 Å². The van der Waals surface area contributed by atoms with Crippen molar-refractivity contribution in [2.24, 2.45) is 0 Å². The van der Waals surface area contributed by atoms with Gasteiger partial charge in [-0.3, -0.25) is 5.43 Å². The van der Waals surface area contributed by atoms with Gasteiger partial charge in [0.25, 0.3) is 0 Å². The number of nitrogens with one attached hydrogen (secondary N) is 1. The van der Waals surface area contributed by atoms with Crippen molar-refractivity contribution in [3.63, 3.8) is 0 Å². The highest BCUT2D eigenvalue weighted by Crippen LogP contribution is 2.08. The SMILES string of the molecule is ClC1=CN(Cl)NC=C1. The Kier molecular flexibility index (Phi) is 1.65. The van der Waals surface area contributed by atoms with Crippen LogP contribution in [0.2, 0.25) is 0 Å². The van der Waals surface area contributed by atoms with Crippen LogP contribution in [0.25, 0.3) is 0 Å². The van der Waals surface area contributed by atoms with E-state index >= 15 is 0 Å². The van der Waals surface area contributed by atoms with Gasteiger partial charge < -0.3 is 0 Å². The molecule has 8 heavy (non-hydrogen) atoms. The molecule has 1 aliphatic rings. The fourth-order valence-corrected chi connectivity index (χ4v) is 0.749. The molecule has 0 bridgehead atoms. The highest BCUT2D eigenvalue weighted by atomic mass is 35.5. The van der Waals surface area contributed by atoms with Crippen molar-refractivity contribution >= 4 is 23.4 Å². The number of halogens is 2. The fourth-order valence-electron chi connectivity index (χ4n) is 0.377. The number of nitrogens with zero attached hydrogens (tertiary/aromatic N) is 1. The van der Waals surface area contributed by atoms with Gasteiger partial charge in [-0.25, -0.2) is 4.53 Å². The smallest absolute Gasteiger partial charge is 0.0614 e. The molecule has 4 heteroatoms. The van der Waals surface area contributed by atoms with Crippen LogP contribution >= 0.6 is 23.4 Å². The number of allylic oxidation sites excluding steroid dienone is 2. The van der Waals surface area contributed by atoms with Gasteiger partial charge in [0.1, 0.15) is 0 Å². The van der Waals surface area contributed by atoms with Crippen LogP contribution in [0.1, 0.15) is 0 Å². The van der Waals surface area contributed by atoms with Crippen LogP contribution in [0.4, 0.5) is 0 Å². The topological polar surface area (TPSA) is 15.3 Å². The number of rotatable bonds is 0. The van der Waals surface area contributed by atoms with Crippen molar-refractivity contribution in [3.05, 3.63) is 23.5 Å². The van der Waals surface area contributed by atoms with Crippen LogP contribution in [-0.2, 0) is 0 Å². The molecule has 0 atom stereocenters. The third kappa shape index (κ3) is 1.32. The second kappa shape index (κ2) is 2.29. The fraction of sp³-hybridized carbons (Fsp3) is 0. The molecular weight excluding hydrogens is 147 g/mol. The van der Waals surface area contributed by atoms with E-state index in [4.69, 9.17) is 23.4 Å². The lowest BCUT2D eigenvalue weighted by atomic mass is 10.5. The van der Waals surface area contributed by atoms with Crippen molar-refractivity contribution in [2.75, 3.05) is 0 Å². The van der Waals surface area contributed by atoms with E-state index in [0.29, 0.717) is 5.03 Å². The van der Waals surface area contributed by atoms with Gasteiger partial charge in [-0.1, -0.05) is 11.6 Å². The minimum Gasteiger partial charge on any atom is -0.291 e. The largest absolute Gasteiger partial charge is 0.291 e. The first-order valence-electron chi connectivity index (χ1n) is 2.04. The quantitative estimate of drug-likeness (QED) is 0.528. The molecule has 1 rings (SSSR count). The molecule has 1 heterocycles. The standard InChI is InChI=1S/C4H4Cl2N2/c5-4-1-2-7-8(6)3-4/h1-3,7H. The summed E-state index contributed by atoms with van der Waals surface area (Å²) in [7, 11) is 0. The Morgan fingerprint density at radius 2 is 2.38 bits per heavy atom. The Labute approximate surface area is 57.4 Å². The van der Waals surface area contributed by atoms with Crippen molar-refractivity contribution in [1.29, 1.82) is 0 Å². The van der Waals surface area contributed by atoms with Gasteiger partial charge in [0.15, 0.2) is 0 Å². The van der Waals surface area contributed by atoms with E-state index in [9.17, 15) is 0 Å². The van der Waals surface area contributed by atoms with Gasteiger partial charge in [-0.2, -0.15) is 0 Å². The van der Waals surface area contributed by atoms with Crippen molar-refractivity contribution in [3.8, 4) is 0 Å². The summed E-state index contributed by atoms with van der Waals surface area (Å²) < 4.78 is 1.25. The third-order valence-electron chi connectivity index (χ3n) is 0.677. The second-order valence-corrected chi connectivity index (χ2v) is 2.09. The zero-order valence-corrected chi connectivity index (χ0v) is 5.45. The van der Waals surface area contributed by atoms with E-state index in [1.54, 1.807) is 18.5 Å². The van der Waals surface area contributed by atoms with E-state index in [-0.39, 0.29) is 0 Å². The first-order valence-corrected chi connectivity index (χ1v) is 2.76. The minimum absolute atomic E-state index is 0.610. The lowest BCUT2D eigenvalue weighted by Gasteiger charge is -2.12. The van der Waals surface area contributed by atoms with Crippen LogP contribution in [0.3, 0.4) is 0 Å². The zero-order valence-electron chi connectivity index (χ0n) is 3.94. The van der Waals surface area contributed by atoms with Gasteiger partial charge in [-0.05, 0) is 6.08 Å². The molecule has 44 valence electrons. The van der Waals surface area contributed by atoms with Crippen LogP contribution in [0.5, 0.6) is 0 Å². The van der Waals surface area contributed by atoms with E-state index in [1.807, 2.05) is 0 Å². The van der Waals surface area contributed by atoms with E-state index in [0.717, 1.165) is 0 Å². The molecule has 0 radical (unpaired) electrons. The maximum absolute atomic E-state index is 5.52. The van der Waals surface area contributed by atoms with Crippen molar-refractivity contribution < 1.29 is 0 Å². The molecule has 0 amide bonds. The third-order valence-corrected chi connectivity index (χ3v) is 1.10. The molecular formula is C4H4Cl2N2. The first kappa shape index (κ1) is 5.79. The molecule has 0 saturated heterocycles. The van der Waals surface area contributed by atoms with Gasteiger partial charge in [-0.15, -0.1) is 0 Å². The van der Waals surface area contributed by atoms with E-state index in [1.165, 1.54) is 4.53 Å². The monoisotopic (exact) mass is 150 g/mol. The molecule has 0 aromatic heterocycles. The highest BCUT2D eigenvalue weighted by molar-refractivity contribution is 6.31. The summed E-state index contributed by atoms with van der Waals surface area (Å²) >= 11 is 10.9. The normalized spacial score (nSPS) is 17.8. The number of hydrogen-bond donors (Lipinski definition) is 1. The average Bonchev–Trinajstić information content (AvgIpc) is 1.64. The van der Waals surface area contributed by atoms with Gasteiger partial charge in [0.2, 0.25) is 0 Å². The summed E-state index contributed by atoms with van der Waals surface area (Å²) in [6, 6.07) is 0. The molecule has 0 aromatic rings. The Balaban J connectivity index is 2.63. The lowest BCUT2D eigenvalue weighted by molar-refractivity contribution is 0.514. The predicted molar refractivity (Wildman–Crippen MR) is 33.9 cm³/mol. The predicted octanol–water partition coefficient (Wildman–Crippen LogP) is 1.55. The van der Waals surface area contributed by atoms with Gasteiger partial charge in [0.05, 0.1) is 11.2 Å². The number of hydrazine groups is 1. The molecule has 0 aliphatic carbocycles. The number of hydrogen-bond acceptors (Lipinski definition) is 2. The summed E-state index contributed by atoms with van der Waals surface area (Å²) in [5, 5.41) is 0.610. The van der Waals surface area contributed by atoms with Gasteiger partial charge in [0, 0.05) is 18.0 Å². The Morgan fingerprint density at radius 3 is 2.75 bits per heavy atom. The van der Waals surface area contributed by atoms with Crippen LogP contribution < -0.4 is 5.43 Å². The Hall–Kier alpha value is -0.340. The van der Waals surface area contributed by atoms with Gasteiger partial charge >= 0.3 is 0 Å². The molecule has 0 saturated carbocycles. The molecule has 1 aliphatic heterocycles. The molecule has 0 spiro atoms. The van der Waals surface area contributed by atoms with Crippen molar-refractivity contribution in [2.45, 2.75) is 0 Å². The second-order valence-electron chi connectivity index (χ2n) is 1.29.